The molecule has 0 aliphatic carbocycles. The van der Waals surface area contributed by atoms with E-state index >= 15 is 0 Å². The van der Waals surface area contributed by atoms with Gasteiger partial charge in [0.2, 0.25) is 0 Å². The number of rotatable bonds is 6. The zero-order chi connectivity index (χ0) is 28.9. The predicted molar refractivity (Wildman–Crippen MR) is 138 cm³/mol. The molecule has 0 aromatic rings. The van der Waals surface area contributed by atoms with Crippen LogP contribution in [-0.4, -0.2) is 86.0 Å². The molecule has 2 N–H and O–H groups in total. The van der Waals surface area contributed by atoms with E-state index in [9.17, 15) is 19.2 Å². The lowest BCUT2D eigenvalue weighted by Gasteiger charge is -2.29. The molecule has 2 aliphatic heterocycles. The summed E-state index contributed by atoms with van der Waals surface area (Å²) in [5, 5.41) is 5.51. The van der Waals surface area contributed by atoms with E-state index in [1.165, 1.54) is 0 Å². The van der Waals surface area contributed by atoms with E-state index in [4.69, 9.17) is 28.4 Å². The van der Waals surface area contributed by atoms with E-state index < -0.39 is 35.6 Å². The van der Waals surface area contributed by atoms with Gasteiger partial charge in [-0.05, 0) is 68.2 Å². The van der Waals surface area contributed by atoms with Crippen LogP contribution in [0.1, 0.15) is 81.1 Å². The van der Waals surface area contributed by atoms with Gasteiger partial charge in [0.1, 0.15) is 11.2 Å². The number of esters is 2. The molecule has 2 aliphatic rings. The van der Waals surface area contributed by atoms with E-state index in [2.05, 4.69) is 10.6 Å². The summed E-state index contributed by atoms with van der Waals surface area (Å²) in [6.45, 7) is 15.8. The number of amides is 2. The quantitative estimate of drug-likeness (QED) is 0.376. The van der Waals surface area contributed by atoms with E-state index in [0.717, 1.165) is 0 Å². The first-order chi connectivity index (χ1) is 17.6. The molecular weight excluding hydrogens is 500 g/mol. The lowest BCUT2D eigenvalue weighted by molar-refractivity contribution is -0.160. The average molecular weight is 547 g/mol. The van der Waals surface area contributed by atoms with E-state index in [1.54, 1.807) is 55.4 Å². The third kappa shape index (κ3) is 14.4. The maximum atomic E-state index is 11.6. The normalized spacial score (nSPS) is 23.6. The van der Waals surface area contributed by atoms with Crippen molar-refractivity contribution in [3.63, 3.8) is 0 Å². The molecule has 0 bridgehead atoms. The van der Waals surface area contributed by atoms with E-state index in [0.29, 0.717) is 52.1 Å². The number of hydrogen-bond acceptors (Lipinski definition) is 10. The first-order valence-corrected chi connectivity index (χ1v) is 13.2. The monoisotopic (exact) mass is 546 g/mol. The number of carbonyl (C=O) groups is 4. The number of alkyl carbamates (subject to hydrolysis) is 2. The molecule has 2 rings (SSSR count). The van der Waals surface area contributed by atoms with Crippen LogP contribution < -0.4 is 10.6 Å². The van der Waals surface area contributed by atoms with Crippen molar-refractivity contribution in [1.82, 2.24) is 10.6 Å². The molecule has 38 heavy (non-hydrogen) atoms. The molecule has 12 heteroatoms. The molecule has 0 saturated carbocycles. The smallest absolute Gasteiger partial charge is 0.407 e. The summed E-state index contributed by atoms with van der Waals surface area (Å²) >= 11 is 0. The Kier molecular flexibility index (Phi) is 13.8. The third-order valence-electron chi connectivity index (χ3n) is 5.11. The van der Waals surface area contributed by atoms with E-state index in [1.807, 2.05) is 0 Å². The van der Waals surface area contributed by atoms with Crippen molar-refractivity contribution in [3.05, 3.63) is 0 Å². The lowest BCUT2D eigenvalue weighted by Crippen LogP contribution is -2.46. The van der Waals surface area contributed by atoms with Crippen LogP contribution in [0.25, 0.3) is 0 Å². The van der Waals surface area contributed by atoms with Crippen LogP contribution in [0.3, 0.4) is 0 Å². The Bertz CT molecular complexity index is 711. The first kappa shape index (κ1) is 33.4. The van der Waals surface area contributed by atoms with Crippen molar-refractivity contribution >= 4 is 24.1 Å². The molecule has 2 saturated heterocycles. The molecule has 0 radical (unpaired) electrons. The van der Waals surface area contributed by atoms with Crippen LogP contribution in [0.5, 0.6) is 0 Å². The minimum absolute atomic E-state index is 0.127. The SMILES string of the molecule is CCOC(=O)[C@@H]1C[C@@H](NC(=O)OC(C)(C)C)CCO1.CCOC(=O)[C@H]1C[C@H](NC(=O)OC(C)(C)C)CCO1. The van der Waals surface area contributed by atoms with Gasteiger partial charge in [0, 0.05) is 38.1 Å². The summed E-state index contributed by atoms with van der Waals surface area (Å²) in [7, 11) is 0. The minimum atomic E-state index is -0.603. The van der Waals surface area contributed by atoms with Crippen molar-refractivity contribution in [2.24, 2.45) is 0 Å². The molecular formula is C26H46N2O10. The van der Waals surface area contributed by atoms with Crippen LogP contribution >= 0.6 is 0 Å². The van der Waals surface area contributed by atoms with Crippen LogP contribution in [0, 0.1) is 0 Å². The summed E-state index contributed by atoms with van der Waals surface area (Å²) in [5.41, 5.74) is -1.06. The summed E-state index contributed by atoms with van der Waals surface area (Å²) < 4.78 is 30.8. The lowest BCUT2D eigenvalue weighted by atomic mass is 10.0. The van der Waals surface area contributed by atoms with Crippen LogP contribution in [-0.2, 0) is 38.0 Å². The number of nitrogens with one attached hydrogen (secondary N) is 2. The van der Waals surface area contributed by atoms with Gasteiger partial charge < -0.3 is 39.1 Å². The number of ether oxygens (including phenoxy) is 6. The summed E-state index contributed by atoms with van der Waals surface area (Å²) in [6.07, 6.45) is 0.00627. The highest BCUT2D eigenvalue weighted by molar-refractivity contribution is 5.75. The highest BCUT2D eigenvalue weighted by atomic mass is 16.6. The van der Waals surface area contributed by atoms with Gasteiger partial charge in [0.15, 0.2) is 12.2 Å². The van der Waals surface area contributed by atoms with Crippen LogP contribution in [0.2, 0.25) is 0 Å². The maximum Gasteiger partial charge on any atom is 0.407 e. The Morgan fingerprint density at radius 2 is 1.03 bits per heavy atom. The Morgan fingerprint density at radius 1 is 0.684 bits per heavy atom. The average Bonchev–Trinajstić information content (AvgIpc) is 2.77. The Balaban J connectivity index is 0.000000380. The molecule has 2 amide bonds. The highest BCUT2D eigenvalue weighted by Crippen LogP contribution is 2.17. The molecule has 0 aromatic heterocycles. The van der Waals surface area contributed by atoms with Gasteiger partial charge in [-0.2, -0.15) is 0 Å². The standard InChI is InChI=1S/2C13H23NO5/c2*1-5-17-11(15)10-8-9(6-7-18-10)14-12(16)19-13(2,3)4/h2*9-10H,5-8H2,1-4H3,(H,14,16)/t2*9-,10-/m10/s1. The molecule has 4 atom stereocenters. The van der Waals surface area contributed by atoms with Gasteiger partial charge in [-0.15, -0.1) is 0 Å². The largest absolute Gasteiger partial charge is 0.464 e. The fourth-order valence-electron chi connectivity index (χ4n) is 3.60. The number of hydrogen-bond donors (Lipinski definition) is 2. The predicted octanol–water partition coefficient (Wildman–Crippen LogP) is 3.24. The summed E-state index contributed by atoms with van der Waals surface area (Å²) in [5.74, 6) is -0.753. The van der Waals surface area contributed by atoms with Crippen molar-refractivity contribution < 1.29 is 47.6 Å². The summed E-state index contributed by atoms with van der Waals surface area (Å²) in [4.78, 5) is 46.4. The third-order valence-corrected chi connectivity index (χ3v) is 5.11. The Hall–Kier alpha value is -2.60. The van der Waals surface area contributed by atoms with Gasteiger partial charge >= 0.3 is 24.1 Å². The molecule has 0 spiro atoms. The topological polar surface area (TPSA) is 148 Å². The van der Waals surface area contributed by atoms with Gasteiger partial charge in [-0.3, -0.25) is 0 Å². The van der Waals surface area contributed by atoms with Gasteiger partial charge in [0.05, 0.1) is 13.2 Å². The van der Waals surface area contributed by atoms with Gasteiger partial charge in [-0.1, -0.05) is 0 Å². The van der Waals surface area contributed by atoms with E-state index in [-0.39, 0.29) is 24.0 Å². The van der Waals surface area contributed by atoms with Gasteiger partial charge in [-0.25, -0.2) is 19.2 Å². The van der Waals surface area contributed by atoms with Crippen molar-refractivity contribution in [2.75, 3.05) is 26.4 Å². The second-order valence-electron chi connectivity index (χ2n) is 11.0. The van der Waals surface area contributed by atoms with Gasteiger partial charge in [0.25, 0.3) is 0 Å². The first-order valence-electron chi connectivity index (χ1n) is 13.2. The molecule has 2 heterocycles. The molecule has 0 unspecified atom stereocenters. The Morgan fingerprint density at radius 3 is 1.32 bits per heavy atom. The molecule has 12 nitrogen and oxygen atoms in total. The zero-order valence-electron chi connectivity index (χ0n) is 24.0. The Labute approximate surface area is 225 Å². The molecule has 220 valence electrons. The highest BCUT2D eigenvalue weighted by Gasteiger charge is 2.32. The molecule has 0 aromatic carbocycles. The fourth-order valence-corrected chi connectivity index (χ4v) is 3.60. The minimum Gasteiger partial charge on any atom is -0.464 e. The summed E-state index contributed by atoms with van der Waals surface area (Å²) in [6, 6.07) is -0.254. The number of carbonyl (C=O) groups excluding carboxylic acids is 4. The van der Waals surface area contributed by atoms with Crippen LogP contribution in [0.15, 0.2) is 0 Å². The maximum absolute atomic E-state index is 11.6. The van der Waals surface area contributed by atoms with Crippen molar-refractivity contribution in [2.45, 2.75) is 117 Å². The van der Waals surface area contributed by atoms with Crippen molar-refractivity contribution in [3.8, 4) is 0 Å². The fraction of sp³-hybridized carbons (Fsp3) is 0.846. The van der Waals surface area contributed by atoms with Crippen LogP contribution in [0.4, 0.5) is 9.59 Å². The zero-order valence-corrected chi connectivity index (χ0v) is 24.0. The second-order valence-corrected chi connectivity index (χ2v) is 11.0. The molecule has 2 fully saturated rings. The second kappa shape index (κ2) is 15.7. The van der Waals surface area contributed by atoms with Crippen molar-refractivity contribution in [1.29, 1.82) is 0 Å².